The van der Waals surface area contributed by atoms with E-state index >= 15 is 0 Å². The van der Waals surface area contributed by atoms with E-state index in [0.29, 0.717) is 24.0 Å². The quantitative estimate of drug-likeness (QED) is 0.720. The first-order valence-corrected chi connectivity index (χ1v) is 5.82. The molecule has 104 valence electrons. The number of likely N-dealkylation sites (N-methyl/N-ethyl adjacent to an activating group) is 1. The first-order valence-electron chi connectivity index (χ1n) is 5.82. The number of rotatable bonds is 7. The highest BCUT2D eigenvalue weighted by Gasteiger charge is 2.14. The molecular formula is C13H17NO5. The molecule has 6 heteroatoms. The lowest BCUT2D eigenvalue weighted by atomic mass is 10.1. The SMILES string of the molecule is CCOc1cc(C=O)cc(CN(C)CC(=O)O)c1O. The summed E-state index contributed by atoms with van der Waals surface area (Å²) in [7, 11) is 1.61. The fraction of sp³-hybridized carbons (Fsp3) is 0.385. The van der Waals surface area contributed by atoms with Crippen LogP contribution in [0.1, 0.15) is 22.8 Å². The van der Waals surface area contributed by atoms with Gasteiger partial charge in [-0.3, -0.25) is 14.5 Å². The van der Waals surface area contributed by atoms with Gasteiger partial charge >= 0.3 is 5.97 Å². The van der Waals surface area contributed by atoms with Crippen molar-refractivity contribution in [3.63, 3.8) is 0 Å². The van der Waals surface area contributed by atoms with E-state index < -0.39 is 5.97 Å². The Hall–Kier alpha value is -2.08. The zero-order valence-corrected chi connectivity index (χ0v) is 10.9. The lowest BCUT2D eigenvalue weighted by Crippen LogP contribution is -2.25. The summed E-state index contributed by atoms with van der Waals surface area (Å²) < 4.78 is 5.24. The van der Waals surface area contributed by atoms with Crippen molar-refractivity contribution in [2.75, 3.05) is 20.2 Å². The van der Waals surface area contributed by atoms with Gasteiger partial charge in [-0.2, -0.15) is 0 Å². The van der Waals surface area contributed by atoms with E-state index in [1.165, 1.54) is 17.0 Å². The summed E-state index contributed by atoms with van der Waals surface area (Å²) in [5.74, 6) is -0.797. The van der Waals surface area contributed by atoms with E-state index in [2.05, 4.69) is 0 Å². The van der Waals surface area contributed by atoms with Crippen LogP contribution in [0, 0.1) is 0 Å². The molecule has 0 atom stereocenters. The van der Waals surface area contributed by atoms with Gasteiger partial charge in [0.1, 0.15) is 6.29 Å². The van der Waals surface area contributed by atoms with Crippen LogP contribution in [0.25, 0.3) is 0 Å². The minimum atomic E-state index is -0.960. The standard InChI is InChI=1S/C13H17NO5/c1-3-19-11-5-9(8-15)4-10(13(11)18)6-14(2)7-12(16)17/h4-5,8,18H,3,6-7H2,1-2H3,(H,16,17). The van der Waals surface area contributed by atoms with Crippen molar-refractivity contribution in [2.24, 2.45) is 0 Å². The van der Waals surface area contributed by atoms with Crippen LogP contribution in [0.4, 0.5) is 0 Å². The molecule has 0 fully saturated rings. The summed E-state index contributed by atoms with van der Waals surface area (Å²) in [6.45, 7) is 2.18. The fourth-order valence-corrected chi connectivity index (χ4v) is 1.72. The number of phenolic OH excluding ortho intramolecular Hbond substituents is 1. The topological polar surface area (TPSA) is 87.1 Å². The number of benzene rings is 1. The number of carboxylic acids is 1. The molecule has 0 aliphatic carbocycles. The fourth-order valence-electron chi connectivity index (χ4n) is 1.72. The minimum Gasteiger partial charge on any atom is -0.504 e. The Morgan fingerprint density at radius 2 is 2.16 bits per heavy atom. The van der Waals surface area contributed by atoms with E-state index in [1.54, 1.807) is 14.0 Å². The molecule has 0 aliphatic rings. The van der Waals surface area contributed by atoms with E-state index in [0.717, 1.165) is 0 Å². The van der Waals surface area contributed by atoms with E-state index in [4.69, 9.17) is 9.84 Å². The van der Waals surface area contributed by atoms with Crippen molar-refractivity contribution in [2.45, 2.75) is 13.5 Å². The van der Waals surface area contributed by atoms with E-state index in [1.807, 2.05) is 0 Å². The summed E-state index contributed by atoms with van der Waals surface area (Å²) in [5, 5.41) is 18.7. The zero-order chi connectivity index (χ0) is 14.4. The Balaban J connectivity index is 3.01. The molecule has 0 bridgehead atoms. The van der Waals surface area contributed by atoms with Gasteiger partial charge in [-0.25, -0.2) is 0 Å². The molecule has 0 heterocycles. The number of carboxylic acid groups (broad SMARTS) is 1. The Kier molecular flexibility index (Phi) is 5.32. The predicted octanol–water partition coefficient (Wildman–Crippen LogP) is 1.12. The molecule has 0 saturated heterocycles. The second kappa shape index (κ2) is 6.75. The maximum atomic E-state index is 10.8. The highest BCUT2D eigenvalue weighted by molar-refractivity contribution is 5.77. The van der Waals surface area contributed by atoms with Crippen LogP contribution in [0.15, 0.2) is 12.1 Å². The van der Waals surface area contributed by atoms with Crippen LogP contribution in [0.3, 0.4) is 0 Å². The smallest absolute Gasteiger partial charge is 0.317 e. The summed E-state index contributed by atoms with van der Waals surface area (Å²) in [6.07, 6.45) is 0.655. The third kappa shape index (κ3) is 4.26. The minimum absolute atomic E-state index is 0.0651. The molecular weight excluding hydrogens is 250 g/mol. The van der Waals surface area contributed by atoms with Gasteiger partial charge in [0.2, 0.25) is 0 Å². The lowest BCUT2D eigenvalue weighted by Gasteiger charge is -2.17. The Morgan fingerprint density at radius 1 is 1.47 bits per heavy atom. The molecule has 0 amide bonds. The molecule has 0 saturated carbocycles. The highest BCUT2D eigenvalue weighted by Crippen LogP contribution is 2.32. The molecule has 1 aromatic carbocycles. The molecule has 1 rings (SSSR count). The normalized spacial score (nSPS) is 10.5. The van der Waals surface area contributed by atoms with Gasteiger partial charge in [0, 0.05) is 17.7 Å². The van der Waals surface area contributed by atoms with Crippen molar-refractivity contribution < 1.29 is 24.5 Å². The summed E-state index contributed by atoms with van der Waals surface area (Å²) in [4.78, 5) is 23.0. The number of aromatic hydroxyl groups is 1. The summed E-state index contributed by atoms with van der Waals surface area (Å²) in [6, 6.07) is 2.97. The monoisotopic (exact) mass is 267 g/mol. The molecule has 19 heavy (non-hydrogen) atoms. The molecule has 0 aliphatic heterocycles. The maximum Gasteiger partial charge on any atom is 0.317 e. The van der Waals surface area contributed by atoms with Crippen molar-refractivity contribution in [1.82, 2.24) is 4.90 Å². The molecule has 6 nitrogen and oxygen atoms in total. The Morgan fingerprint density at radius 3 is 2.68 bits per heavy atom. The number of nitrogens with zero attached hydrogens (tertiary/aromatic N) is 1. The Labute approximate surface area is 111 Å². The Bertz CT molecular complexity index is 472. The van der Waals surface area contributed by atoms with Gasteiger partial charge in [0.05, 0.1) is 13.2 Å². The second-order valence-electron chi connectivity index (χ2n) is 4.14. The number of aliphatic carboxylic acids is 1. The van der Waals surface area contributed by atoms with Crippen LogP contribution >= 0.6 is 0 Å². The molecule has 0 radical (unpaired) electrons. The third-order valence-electron chi connectivity index (χ3n) is 2.46. The van der Waals surface area contributed by atoms with Crippen LogP contribution in [0.5, 0.6) is 11.5 Å². The average Bonchev–Trinajstić information content (AvgIpc) is 2.33. The van der Waals surface area contributed by atoms with Crippen molar-refractivity contribution in [3.05, 3.63) is 23.3 Å². The van der Waals surface area contributed by atoms with Gasteiger partial charge in [0.25, 0.3) is 0 Å². The molecule has 1 aromatic rings. The largest absolute Gasteiger partial charge is 0.504 e. The number of phenols is 1. The molecule has 0 spiro atoms. The highest BCUT2D eigenvalue weighted by atomic mass is 16.5. The van der Waals surface area contributed by atoms with Gasteiger partial charge in [-0.05, 0) is 26.1 Å². The first kappa shape index (κ1) is 15.0. The lowest BCUT2D eigenvalue weighted by molar-refractivity contribution is -0.138. The number of ether oxygens (including phenoxy) is 1. The van der Waals surface area contributed by atoms with Gasteiger partial charge in [0.15, 0.2) is 11.5 Å². The number of aldehydes is 1. The summed E-state index contributed by atoms with van der Waals surface area (Å²) in [5.41, 5.74) is 0.830. The molecule has 0 unspecified atom stereocenters. The van der Waals surface area contributed by atoms with Crippen molar-refractivity contribution in [3.8, 4) is 11.5 Å². The summed E-state index contributed by atoms with van der Waals surface area (Å²) >= 11 is 0. The number of carbonyl (C=O) groups excluding carboxylic acids is 1. The van der Waals surface area contributed by atoms with Crippen molar-refractivity contribution >= 4 is 12.3 Å². The van der Waals surface area contributed by atoms with Gasteiger partial charge in [-0.1, -0.05) is 0 Å². The van der Waals surface area contributed by atoms with Crippen LogP contribution in [-0.4, -0.2) is 47.6 Å². The number of carbonyl (C=O) groups is 2. The average molecular weight is 267 g/mol. The van der Waals surface area contributed by atoms with Crippen LogP contribution in [-0.2, 0) is 11.3 Å². The predicted molar refractivity (Wildman–Crippen MR) is 68.6 cm³/mol. The number of hydrogen-bond acceptors (Lipinski definition) is 5. The third-order valence-corrected chi connectivity index (χ3v) is 2.46. The van der Waals surface area contributed by atoms with Crippen molar-refractivity contribution in [1.29, 1.82) is 0 Å². The van der Waals surface area contributed by atoms with E-state index in [9.17, 15) is 14.7 Å². The zero-order valence-electron chi connectivity index (χ0n) is 10.9. The molecule has 2 N–H and O–H groups in total. The van der Waals surface area contributed by atoms with Crippen LogP contribution in [0.2, 0.25) is 0 Å². The van der Waals surface area contributed by atoms with Gasteiger partial charge in [-0.15, -0.1) is 0 Å². The molecule has 0 aromatic heterocycles. The maximum absolute atomic E-state index is 10.8. The second-order valence-corrected chi connectivity index (χ2v) is 4.14. The number of hydrogen-bond donors (Lipinski definition) is 2. The van der Waals surface area contributed by atoms with Crippen LogP contribution < -0.4 is 4.74 Å². The first-order chi connectivity index (χ1) is 8.97. The van der Waals surface area contributed by atoms with E-state index in [-0.39, 0.29) is 24.6 Å². The van der Waals surface area contributed by atoms with Gasteiger partial charge < -0.3 is 14.9 Å².